The maximum absolute atomic E-state index is 13.5. The van der Waals surface area contributed by atoms with Crippen LogP contribution in [0.25, 0.3) is 0 Å². The van der Waals surface area contributed by atoms with Crippen LogP contribution in [0.5, 0.6) is 0 Å². The van der Waals surface area contributed by atoms with Crippen LogP contribution >= 0.6 is 11.8 Å². The Morgan fingerprint density at radius 3 is 2.46 bits per heavy atom. The Morgan fingerprint density at radius 1 is 1.08 bits per heavy atom. The third-order valence-corrected chi connectivity index (χ3v) is 5.46. The Bertz CT molecular complexity index is 900. The SMILES string of the molecule is CSC1=NC(C)(C)CC2=C1C(c1ccc(F)cc1)Nc1ccccc1N2. The summed E-state index contributed by atoms with van der Waals surface area (Å²) in [5, 5.41) is 8.32. The molecule has 2 aromatic rings. The lowest BCUT2D eigenvalue weighted by atomic mass is 9.89. The fourth-order valence-corrected chi connectivity index (χ4v) is 4.41. The second-order valence-corrected chi connectivity index (χ2v) is 8.10. The quantitative estimate of drug-likeness (QED) is 0.688. The topological polar surface area (TPSA) is 36.4 Å². The van der Waals surface area contributed by atoms with E-state index in [0.717, 1.165) is 34.0 Å². The van der Waals surface area contributed by atoms with Crippen molar-refractivity contribution in [2.24, 2.45) is 4.99 Å². The minimum Gasteiger partial charge on any atom is -0.372 e. The number of rotatable bonds is 1. The number of para-hydroxylation sites is 2. The Labute approximate surface area is 157 Å². The van der Waals surface area contributed by atoms with Crippen LogP contribution in [-0.4, -0.2) is 16.8 Å². The molecule has 3 nitrogen and oxygen atoms in total. The molecule has 0 radical (unpaired) electrons. The normalized spacial score (nSPS) is 20.9. The van der Waals surface area contributed by atoms with Gasteiger partial charge >= 0.3 is 0 Å². The van der Waals surface area contributed by atoms with Gasteiger partial charge in [0.1, 0.15) is 5.82 Å². The maximum atomic E-state index is 13.5. The van der Waals surface area contributed by atoms with E-state index in [-0.39, 0.29) is 17.4 Å². The summed E-state index contributed by atoms with van der Waals surface area (Å²) in [4.78, 5) is 4.98. The van der Waals surface area contributed by atoms with E-state index in [2.05, 4.69) is 42.9 Å². The van der Waals surface area contributed by atoms with Gasteiger partial charge < -0.3 is 10.6 Å². The van der Waals surface area contributed by atoms with Crippen LogP contribution in [-0.2, 0) is 0 Å². The monoisotopic (exact) mass is 367 g/mol. The van der Waals surface area contributed by atoms with Crippen molar-refractivity contribution in [3.63, 3.8) is 0 Å². The number of hydrogen-bond acceptors (Lipinski definition) is 4. The van der Waals surface area contributed by atoms with Crippen LogP contribution in [0.3, 0.4) is 0 Å². The maximum Gasteiger partial charge on any atom is 0.123 e. The molecule has 0 saturated carbocycles. The van der Waals surface area contributed by atoms with E-state index in [9.17, 15) is 4.39 Å². The van der Waals surface area contributed by atoms with Crippen molar-refractivity contribution >= 4 is 28.2 Å². The molecule has 0 amide bonds. The fourth-order valence-electron chi connectivity index (χ4n) is 3.61. The first kappa shape index (κ1) is 17.2. The van der Waals surface area contributed by atoms with E-state index >= 15 is 0 Å². The Hall–Kier alpha value is -2.27. The summed E-state index contributed by atoms with van der Waals surface area (Å²) < 4.78 is 13.5. The predicted octanol–water partition coefficient (Wildman–Crippen LogP) is 5.60. The zero-order chi connectivity index (χ0) is 18.3. The summed E-state index contributed by atoms with van der Waals surface area (Å²) in [6.07, 6.45) is 2.89. The van der Waals surface area contributed by atoms with Gasteiger partial charge in [-0.2, -0.15) is 0 Å². The van der Waals surface area contributed by atoms with Gasteiger partial charge in [-0.3, -0.25) is 4.99 Å². The van der Waals surface area contributed by atoms with Crippen LogP contribution in [0.4, 0.5) is 15.8 Å². The van der Waals surface area contributed by atoms with Gasteiger partial charge in [-0.05, 0) is 49.9 Å². The lowest BCUT2D eigenvalue weighted by Crippen LogP contribution is -2.30. The van der Waals surface area contributed by atoms with Gasteiger partial charge in [-0.15, -0.1) is 11.8 Å². The van der Waals surface area contributed by atoms with E-state index in [1.165, 1.54) is 17.8 Å². The minimum absolute atomic E-state index is 0.0796. The number of anilines is 2. The molecule has 0 saturated heterocycles. The Kier molecular flexibility index (Phi) is 4.27. The van der Waals surface area contributed by atoms with Crippen molar-refractivity contribution < 1.29 is 4.39 Å². The smallest absolute Gasteiger partial charge is 0.123 e. The predicted molar refractivity (Wildman–Crippen MR) is 110 cm³/mol. The average molecular weight is 367 g/mol. The van der Waals surface area contributed by atoms with Gasteiger partial charge in [-0.25, -0.2) is 4.39 Å². The molecule has 5 heteroatoms. The first-order valence-electron chi connectivity index (χ1n) is 8.72. The molecule has 0 bridgehead atoms. The van der Waals surface area contributed by atoms with Crippen LogP contribution < -0.4 is 10.6 Å². The van der Waals surface area contributed by atoms with E-state index in [0.29, 0.717) is 0 Å². The fraction of sp³-hybridized carbons (Fsp3) is 0.286. The summed E-state index contributed by atoms with van der Waals surface area (Å²) in [7, 11) is 0. The highest BCUT2D eigenvalue weighted by molar-refractivity contribution is 8.13. The second-order valence-electron chi connectivity index (χ2n) is 7.30. The van der Waals surface area contributed by atoms with Crippen molar-refractivity contribution in [2.45, 2.75) is 31.8 Å². The molecule has 0 spiro atoms. The van der Waals surface area contributed by atoms with Crippen molar-refractivity contribution in [3.05, 3.63) is 71.2 Å². The number of fused-ring (bicyclic) bond motifs is 1. The second kappa shape index (κ2) is 6.47. The first-order chi connectivity index (χ1) is 12.5. The largest absolute Gasteiger partial charge is 0.372 e. The molecular formula is C21H22FN3S. The number of aliphatic imine (C=N–C) groups is 1. The van der Waals surface area contributed by atoms with Gasteiger partial charge in [0.05, 0.1) is 28.0 Å². The van der Waals surface area contributed by atoms with Gasteiger partial charge in [0.15, 0.2) is 0 Å². The molecule has 26 heavy (non-hydrogen) atoms. The van der Waals surface area contributed by atoms with E-state index in [1.54, 1.807) is 11.8 Å². The van der Waals surface area contributed by atoms with Gasteiger partial charge in [-0.1, -0.05) is 24.3 Å². The van der Waals surface area contributed by atoms with Crippen LogP contribution in [0, 0.1) is 5.82 Å². The standard InChI is InChI=1S/C21H22FN3S/c1-21(2)12-17-18(20(25-21)26-3)19(13-8-10-14(22)11-9-13)24-16-7-5-4-6-15(16)23-17/h4-11,19,23-24H,12H2,1-3H3. The van der Waals surface area contributed by atoms with Crippen LogP contribution in [0.15, 0.2) is 64.8 Å². The Balaban J connectivity index is 1.90. The van der Waals surface area contributed by atoms with Gasteiger partial charge in [0, 0.05) is 17.7 Å². The van der Waals surface area contributed by atoms with Gasteiger partial charge in [0.25, 0.3) is 0 Å². The summed E-state index contributed by atoms with van der Waals surface area (Å²) in [6.45, 7) is 4.32. The number of nitrogens with one attached hydrogen (secondary N) is 2. The highest BCUT2D eigenvalue weighted by Gasteiger charge is 2.35. The van der Waals surface area contributed by atoms with Crippen molar-refractivity contribution in [2.75, 3.05) is 16.9 Å². The molecule has 0 aromatic heterocycles. The molecule has 0 aliphatic carbocycles. The lowest BCUT2D eigenvalue weighted by Gasteiger charge is -2.33. The van der Waals surface area contributed by atoms with Crippen LogP contribution in [0.2, 0.25) is 0 Å². The van der Waals surface area contributed by atoms with Crippen molar-refractivity contribution in [3.8, 4) is 0 Å². The zero-order valence-corrected chi connectivity index (χ0v) is 16.0. The Morgan fingerprint density at radius 2 is 1.77 bits per heavy atom. The zero-order valence-electron chi connectivity index (χ0n) is 15.1. The highest BCUT2D eigenvalue weighted by Crippen LogP contribution is 2.43. The van der Waals surface area contributed by atoms with Crippen molar-refractivity contribution in [1.82, 2.24) is 0 Å². The number of halogens is 1. The average Bonchev–Trinajstić information content (AvgIpc) is 2.77. The molecule has 2 aliphatic heterocycles. The van der Waals surface area contributed by atoms with E-state index in [4.69, 9.17) is 4.99 Å². The summed E-state index contributed by atoms with van der Waals surface area (Å²) in [6, 6.07) is 14.9. The molecule has 2 heterocycles. The molecule has 4 rings (SSSR count). The molecule has 1 unspecified atom stereocenters. The molecule has 2 aliphatic rings. The van der Waals surface area contributed by atoms with E-state index in [1.807, 2.05) is 24.3 Å². The summed E-state index contributed by atoms with van der Waals surface area (Å²) in [5.41, 5.74) is 5.30. The number of nitrogens with zero attached hydrogens (tertiary/aromatic N) is 1. The summed E-state index contributed by atoms with van der Waals surface area (Å²) in [5.74, 6) is -0.223. The molecule has 2 N–H and O–H groups in total. The highest BCUT2D eigenvalue weighted by atomic mass is 32.2. The molecule has 2 aromatic carbocycles. The number of benzene rings is 2. The van der Waals surface area contributed by atoms with Crippen LogP contribution in [0.1, 0.15) is 31.9 Å². The third-order valence-electron chi connectivity index (χ3n) is 4.77. The van der Waals surface area contributed by atoms with Crippen molar-refractivity contribution in [1.29, 1.82) is 0 Å². The number of dihydropyridines is 1. The lowest BCUT2D eigenvalue weighted by molar-refractivity contribution is 0.511. The minimum atomic E-state index is -0.223. The molecule has 1 atom stereocenters. The molecule has 134 valence electrons. The number of thioether (sulfide) groups is 1. The van der Waals surface area contributed by atoms with Gasteiger partial charge in [0.2, 0.25) is 0 Å². The molecule has 0 fully saturated rings. The molecular weight excluding hydrogens is 345 g/mol. The van der Waals surface area contributed by atoms with E-state index < -0.39 is 0 Å². The first-order valence-corrected chi connectivity index (χ1v) is 9.95. The summed E-state index contributed by atoms with van der Waals surface area (Å²) >= 11 is 1.66. The third kappa shape index (κ3) is 3.12. The number of hydrogen-bond donors (Lipinski definition) is 2.